The number of carbonyl (C=O) groups is 2. The zero-order valence-electron chi connectivity index (χ0n) is 17.5. The Morgan fingerprint density at radius 2 is 2.07 bits per heavy atom. The van der Waals surface area contributed by atoms with E-state index in [0.29, 0.717) is 49.7 Å². The van der Waals surface area contributed by atoms with E-state index in [1.54, 1.807) is 19.4 Å². The highest BCUT2D eigenvalue weighted by Crippen LogP contribution is 2.24. The molecule has 8 heteroatoms. The number of morpholine rings is 1. The van der Waals surface area contributed by atoms with Crippen molar-refractivity contribution >= 4 is 11.8 Å². The van der Waals surface area contributed by atoms with Crippen LogP contribution in [0.1, 0.15) is 38.4 Å². The fourth-order valence-corrected chi connectivity index (χ4v) is 4.09. The third-order valence-corrected chi connectivity index (χ3v) is 5.93. The van der Waals surface area contributed by atoms with Gasteiger partial charge >= 0.3 is 0 Å². The molecule has 30 heavy (non-hydrogen) atoms. The fraction of sp³-hybridized carbons (Fsp3) is 0.500. The Bertz CT molecular complexity index is 933. The molecule has 1 N–H and O–H groups in total. The van der Waals surface area contributed by atoms with Crippen LogP contribution in [0.4, 0.5) is 0 Å². The summed E-state index contributed by atoms with van der Waals surface area (Å²) in [5, 5.41) is 7.45. The first-order chi connectivity index (χ1) is 14.6. The number of methoxy groups -OCH3 is 1. The number of amides is 2. The zero-order chi connectivity index (χ0) is 21.1. The Kier molecular flexibility index (Phi) is 6.03. The van der Waals surface area contributed by atoms with Gasteiger partial charge in [-0.1, -0.05) is 6.07 Å². The van der Waals surface area contributed by atoms with Gasteiger partial charge in [-0.2, -0.15) is 5.10 Å². The van der Waals surface area contributed by atoms with Crippen molar-refractivity contribution in [3.05, 3.63) is 46.8 Å². The van der Waals surface area contributed by atoms with E-state index in [1.807, 2.05) is 28.6 Å². The number of hydrogen-bond donors (Lipinski definition) is 1. The summed E-state index contributed by atoms with van der Waals surface area (Å²) >= 11 is 0. The summed E-state index contributed by atoms with van der Waals surface area (Å²) in [6, 6.07) is 5.46. The number of fused-ring (bicyclic) bond motifs is 1. The molecule has 0 bridgehead atoms. The molecule has 1 atom stereocenters. The summed E-state index contributed by atoms with van der Waals surface area (Å²) in [6.07, 6.45) is 3.33. The molecule has 2 amide bonds. The lowest BCUT2D eigenvalue weighted by Gasteiger charge is -2.28. The summed E-state index contributed by atoms with van der Waals surface area (Å²) in [6.45, 7) is 5.64. The number of rotatable bonds is 5. The molecule has 0 aliphatic carbocycles. The number of carbonyl (C=O) groups excluding carboxylic acids is 2. The van der Waals surface area contributed by atoms with Crippen LogP contribution < -0.4 is 10.1 Å². The van der Waals surface area contributed by atoms with Gasteiger partial charge in [0.15, 0.2) is 0 Å². The van der Waals surface area contributed by atoms with Gasteiger partial charge in [0.05, 0.1) is 37.8 Å². The standard InChI is InChI=1S/C22H28N4O4/c1-15-3-4-17(12-20(15)29-2)21(27)23-13-16-5-6-26-19(11-16)18(14-24-26)22(28)25-7-9-30-10-8-25/h3-4,12,14,16H,5-11,13H2,1-2H3,(H,23,27). The van der Waals surface area contributed by atoms with E-state index in [2.05, 4.69) is 10.4 Å². The first-order valence-electron chi connectivity index (χ1n) is 10.4. The average Bonchev–Trinajstić information content (AvgIpc) is 3.21. The van der Waals surface area contributed by atoms with Crippen molar-refractivity contribution in [2.75, 3.05) is 40.0 Å². The number of ether oxygens (including phenoxy) is 2. The molecule has 1 unspecified atom stereocenters. The lowest BCUT2D eigenvalue weighted by atomic mass is 9.94. The molecule has 2 aliphatic heterocycles. The molecule has 3 heterocycles. The molecule has 4 rings (SSSR count). The number of hydrogen-bond acceptors (Lipinski definition) is 5. The second-order valence-corrected chi connectivity index (χ2v) is 7.89. The van der Waals surface area contributed by atoms with Crippen LogP contribution in [-0.4, -0.2) is 66.5 Å². The van der Waals surface area contributed by atoms with E-state index >= 15 is 0 Å². The first-order valence-corrected chi connectivity index (χ1v) is 10.4. The molecule has 1 saturated heterocycles. The highest BCUT2D eigenvalue weighted by Gasteiger charge is 2.28. The third kappa shape index (κ3) is 4.18. The highest BCUT2D eigenvalue weighted by molar-refractivity contribution is 5.95. The van der Waals surface area contributed by atoms with Crippen molar-refractivity contribution < 1.29 is 19.1 Å². The molecule has 0 radical (unpaired) electrons. The number of benzene rings is 1. The van der Waals surface area contributed by atoms with Gasteiger partial charge in [-0.25, -0.2) is 0 Å². The van der Waals surface area contributed by atoms with Gasteiger partial charge < -0.3 is 19.7 Å². The number of aromatic nitrogens is 2. The molecule has 0 saturated carbocycles. The summed E-state index contributed by atoms with van der Waals surface area (Å²) in [5.41, 5.74) is 3.22. The summed E-state index contributed by atoms with van der Waals surface area (Å²) in [4.78, 5) is 27.3. The molecular formula is C22H28N4O4. The Hall–Kier alpha value is -2.87. The largest absolute Gasteiger partial charge is 0.496 e. The minimum absolute atomic E-state index is 0.0241. The van der Waals surface area contributed by atoms with E-state index in [-0.39, 0.29) is 17.7 Å². The molecule has 1 fully saturated rings. The minimum Gasteiger partial charge on any atom is -0.496 e. The van der Waals surface area contributed by atoms with Crippen molar-refractivity contribution in [3.63, 3.8) is 0 Å². The molecule has 2 aromatic rings. The quantitative estimate of drug-likeness (QED) is 0.807. The second kappa shape index (κ2) is 8.87. The van der Waals surface area contributed by atoms with Gasteiger partial charge in [0.2, 0.25) is 0 Å². The van der Waals surface area contributed by atoms with Crippen LogP contribution in [0.15, 0.2) is 24.4 Å². The van der Waals surface area contributed by atoms with Gasteiger partial charge in [0.25, 0.3) is 11.8 Å². The van der Waals surface area contributed by atoms with Crippen LogP contribution in [0, 0.1) is 12.8 Å². The normalized spacial score (nSPS) is 18.6. The smallest absolute Gasteiger partial charge is 0.257 e. The minimum atomic E-state index is -0.114. The van der Waals surface area contributed by atoms with Crippen LogP contribution in [-0.2, 0) is 17.7 Å². The van der Waals surface area contributed by atoms with Crippen molar-refractivity contribution in [3.8, 4) is 5.75 Å². The zero-order valence-corrected chi connectivity index (χ0v) is 17.5. The lowest BCUT2D eigenvalue weighted by Crippen LogP contribution is -2.41. The van der Waals surface area contributed by atoms with Gasteiger partial charge in [-0.15, -0.1) is 0 Å². The molecule has 1 aromatic heterocycles. The maximum Gasteiger partial charge on any atom is 0.257 e. The van der Waals surface area contributed by atoms with E-state index in [9.17, 15) is 9.59 Å². The molecular weight excluding hydrogens is 384 g/mol. The van der Waals surface area contributed by atoms with Crippen molar-refractivity contribution in [1.29, 1.82) is 0 Å². The van der Waals surface area contributed by atoms with E-state index in [4.69, 9.17) is 9.47 Å². The molecule has 0 spiro atoms. The monoisotopic (exact) mass is 412 g/mol. The second-order valence-electron chi connectivity index (χ2n) is 7.89. The fourth-order valence-electron chi connectivity index (χ4n) is 4.09. The third-order valence-electron chi connectivity index (χ3n) is 5.93. The molecule has 1 aromatic carbocycles. The number of nitrogens with one attached hydrogen (secondary N) is 1. The average molecular weight is 412 g/mol. The van der Waals surface area contributed by atoms with E-state index in [0.717, 1.165) is 30.6 Å². The topological polar surface area (TPSA) is 85.7 Å². The predicted molar refractivity (Wildman–Crippen MR) is 111 cm³/mol. The van der Waals surface area contributed by atoms with Crippen molar-refractivity contribution in [1.82, 2.24) is 20.0 Å². The van der Waals surface area contributed by atoms with E-state index < -0.39 is 0 Å². The lowest BCUT2D eigenvalue weighted by molar-refractivity contribution is 0.0301. The molecule has 2 aliphatic rings. The molecule has 160 valence electrons. The predicted octanol–water partition coefficient (Wildman–Crippen LogP) is 1.66. The summed E-state index contributed by atoms with van der Waals surface area (Å²) in [5.74, 6) is 0.880. The van der Waals surface area contributed by atoms with E-state index in [1.165, 1.54) is 0 Å². The Labute approximate surface area is 176 Å². The van der Waals surface area contributed by atoms with Gasteiger partial charge in [0, 0.05) is 31.7 Å². The Morgan fingerprint density at radius 1 is 1.27 bits per heavy atom. The van der Waals surface area contributed by atoms with Crippen LogP contribution >= 0.6 is 0 Å². The Morgan fingerprint density at radius 3 is 2.83 bits per heavy atom. The summed E-state index contributed by atoms with van der Waals surface area (Å²) in [7, 11) is 1.60. The van der Waals surface area contributed by atoms with Gasteiger partial charge in [-0.05, 0) is 43.4 Å². The van der Waals surface area contributed by atoms with Crippen LogP contribution in [0.3, 0.4) is 0 Å². The Balaban J connectivity index is 1.39. The number of aryl methyl sites for hydroxylation is 2. The maximum absolute atomic E-state index is 12.9. The number of nitrogens with zero attached hydrogens (tertiary/aromatic N) is 3. The van der Waals surface area contributed by atoms with Gasteiger partial charge in [0.1, 0.15) is 5.75 Å². The van der Waals surface area contributed by atoms with Crippen LogP contribution in [0.5, 0.6) is 5.75 Å². The van der Waals surface area contributed by atoms with Gasteiger partial charge in [-0.3, -0.25) is 14.3 Å². The van der Waals surface area contributed by atoms with Crippen LogP contribution in [0.25, 0.3) is 0 Å². The van der Waals surface area contributed by atoms with Crippen molar-refractivity contribution in [2.45, 2.75) is 26.3 Å². The van der Waals surface area contributed by atoms with Crippen molar-refractivity contribution in [2.24, 2.45) is 5.92 Å². The highest BCUT2D eigenvalue weighted by atomic mass is 16.5. The maximum atomic E-state index is 12.9. The van der Waals surface area contributed by atoms with Crippen LogP contribution in [0.2, 0.25) is 0 Å². The first kappa shape index (κ1) is 20.4. The summed E-state index contributed by atoms with van der Waals surface area (Å²) < 4.78 is 12.6. The molecule has 8 nitrogen and oxygen atoms in total. The SMILES string of the molecule is COc1cc(C(=O)NCC2CCn3ncc(C(=O)N4CCOCC4)c3C2)ccc1C.